The highest BCUT2D eigenvalue weighted by molar-refractivity contribution is 6.45. The first-order valence-electron chi connectivity index (χ1n) is 2.70. The summed E-state index contributed by atoms with van der Waals surface area (Å²) in [6.45, 7) is 0. The predicted octanol–water partition coefficient (Wildman–Crippen LogP) is 3.35. The van der Waals surface area contributed by atoms with Crippen molar-refractivity contribution in [3.05, 3.63) is 28.8 Å². The van der Waals surface area contributed by atoms with E-state index in [1.54, 1.807) is 0 Å². The van der Waals surface area contributed by atoms with Crippen LogP contribution in [0.2, 0.25) is 5.15 Å². The van der Waals surface area contributed by atoms with Gasteiger partial charge < -0.3 is 0 Å². The molecule has 0 radical (unpaired) electrons. The van der Waals surface area contributed by atoms with Crippen LogP contribution in [0.1, 0.15) is 10.4 Å². The molecule has 1 nitrogen and oxygen atoms in total. The molecule has 0 spiro atoms. The summed E-state index contributed by atoms with van der Waals surface area (Å²) < 4.78 is 12.5. The number of alkyl halides is 2. The zero-order valence-electron chi connectivity index (χ0n) is 5.19. The Kier molecular flexibility index (Phi) is 2.93. The lowest BCUT2D eigenvalue weighted by Crippen LogP contribution is -1.89. The third-order valence-electron chi connectivity index (χ3n) is 1.07. The van der Waals surface area contributed by atoms with E-state index in [0.717, 1.165) is 12.3 Å². The minimum Gasteiger partial charge on any atom is -0.241 e. The van der Waals surface area contributed by atoms with Crippen LogP contribution in [0.5, 0.6) is 0 Å². The van der Waals surface area contributed by atoms with Gasteiger partial charge in [-0.3, -0.25) is 0 Å². The summed E-state index contributed by atoms with van der Waals surface area (Å²) in [5, 5.41) is 0.126. The average molecular weight is 214 g/mol. The number of halogens is 4. The number of rotatable bonds is 1. The summed E-state index contributed by atoms with van der Waals surface area (Å²) in [7, 11) is 0. The molecule has 0 aliphatic carbocycles. The fourth-order valence-corrected chi connectivity index (χ4v) is 1.25. The maximum absolute atomic E-state index is 12.5. The molecule has 0 fully saturated rings. The number of hydrogen-bond donors (Lipinski definition) is 0. The van der Waals surface area contributed by atoms with Crippen molar-refractivity contribution in [1.82, 2.24) is 4.98 Å². The van der Waals surface area contributed by atoms with Crippen molar-refractivity contribution >= 4 is 34.8 Å². The molecule has 1 rings (SSSR count). The van der Waals surface area contributed by atoms with E-state index in [2.05, 4.69) is 4.98 Å². The SMILES string of the molecule is Fc1cnc(Cl)c(C(Cl)Cl)c1. The largest absolute Gasteiger partial charge is 0.241 e. The zero-order valence-corrected chi connectivity index (χ0v) is 7.46. The molecule has 1 heterocycles. The predicted molar refractivity (Wildman–Crippen MR) is 43.7 cm³/mol. The Bertz CT molecular complexity index is 264. The van der Waals surface area contributed by atoms with Gasteiger partial charge in [0, 0.05) is 5.56 Å². The minimum absolute atomic E-state index is 0.126. The molecule has 11 heavy (non-hydrogen) atoms. The Hall–Kier alpha value is -0.0500. The molecular formula is C6H3Cl3FN. The van der Waals surface area contributed by atoms with Gasteiger partial charge in [-0.2, -0.15) is 0 Å². The summed E-state index contributed by atoms with van der Waals surface area (Å²) in [5.74, 6) is -0.504. The molecular weight excluding hydrogens is 211 g/mol. The Morgan fingerprint density at radius 1 is 1.45 bits per heavy atom. The van der Waals surface area contributed by atoms with E-state index in [4.69, 9.17) is 34.8 Å². The van der Waals surface area contributed by atoms with Crippen LogP contribution in [0, 0.1) is 5.82 Å². The Morgan fingerprint density at radius 3 is 2.55 bits per heavy atom. The highest BCUT2D eigenvalue weighted by Crippen LogP contribution is 2.29. The van der Waals surface area contributed by atoms with Crippen molar-refractivity contribution in [2.45, 2.75) is 4.84 Å². The number of pyridine rings is 1. The molecule has 0 aliphatic rings. The van der Waals surface area contributed by atoms with Gasteiger partial charge in [0.15, 0.2) is 0 Å². The maximum atomic E-state index is 12.5. The molecule has 0 saturated carbocycles. The molecule has 1 aromatic heterocycles. The normalized spacial score (nSPS) is 10.6. The lowest BCUT2D eigenvalue weighted by Gasteiger charge is -2.02. The third-order valence-corrected chi connectivity index (χ3v) is 1.85. The van der Waals surface area contributed by atoms with Gasteiger partial charge in [0.1, 0.15) is 15.8 Å². The van der Waals surface area contributed by atoms with E-state index in [9.17, 15) is 4.39 Å². The Morgan fingerprint density at radius 2 is 2.09 bits per heavy atom. The first kappa shape index (κ1) is 9.04. The number of hydrogen-bond acceptors (Lipinski definition) is 1. The molecule has 0 aliphatic heterocycles. The quantitative estimate of drug-likeness (QED) is 0.516. The van der Waals surface area contributed by atoms with Crippen LogP contribution in [-0.4, -0.2) is 4.98 Å². The fraction of sp³-hybridized carbons (Fsp3) is 0.167. The molecule has 0 unspecified atom stereocenters. The Labute approximate surface area is 78.1 Å². The standard InChI is InChI=1S/C6H3Cl3FN/c7-5(8)4-1-3(10)2-11-6(4)9/h1-2,5H. The molecule has 0 aromatic carbocycles. The summed E-state index contributed by atoms with van der Waals surface area (Å²) in [4.78, 5) is 2.68. The lowest BCUT2D eigenvalue weighted by molar-refractivity contribution is 0.619. The highest BCUT2D eigenvalue weighted by Gasteiger charge is 2.10. The molecule has 0 bridgehead atoms. The number of nitrogens with zero attached hydrogens (tertiary/aromatic N) is 1. The van der Waals surface area contributed by atoms with Gasteiger partial charge in [-0.1, -0.05) is 34.8 Å². The van der Waals surface area contributed by atoms with Crippen LogP contribution < -0.4 is 0 Å². The van der Waals surface area contributed by atoms with Crippen molar-refractivity contribution in [2.75, 3.05) is 0 Å². The average Bonchev–Trinajstić information content (AvgIpc) is 1.94. The fourth-order valence-electron chi connectivity index (χ4n) is 0.591. The van der Waals surface area contributed by atoms with Crippen LogP contribution in [0.25, 0.3) is 0 Å². The monoisotopic (exact) mass is 213 g/mol. The molecule has 0 amide bonds. The topological polar surface area (TPSA) is 12.9 Å². The summed E-state index contributed by atoms with van der Waals surface area (Å²) in [6.07, 6.45) is 1.00. The van der Waals surface area contributed by atoms with Crippen molar-refractivity contribution < 1.29 is 4.39 Å². The Balaban J connectivity index is 3.13. The maximum Gasteiger partial charge on any atom is 0.141 e. The second kappa shape index (κ2) is 3.57. The van der Waals surface area contributed by atoms with Gasteiger partial charge >= 0.3 is 0 Å². The molecule has 0 saturated heterocycles. The van der Waals surface area contributed by atoms with E-state index in [1.165, 1.54) is 0 Å². The van der Waals surface area contributed by atoms with E-state index in [1.807, 2.05) is 0 Å². The molecule has 60 valence electrons. The summed E-state index contributed by atoms with van der Waals surface area (Å²) >= 11 is 16.5. The van der Waals surface area contributed by atoms with Crippen molar-refractivity contribution in [3.8, 4) is 0 Å². The third kappa shape index (κ3) is 2.19. The van der Waals surface area contributed by atoms with Crippen molar-refractivity contribution in [2.24, 2.45) is 0 Å². The first-order chi connectivity index (χ1) is 5.11. The van der Waals surface area contributed by atoms with Gasteiger partial charge in [0.05, 0.1) is 6.20 Å². The van der Waals surface area contributed by atoms with E-state index in [-0.39, 0.29) is 10.7 Å². The minimum atomic E-state index is -0.842. The van der Waals surface area contributed by atoms with E-state index in [0.29, 0.717) is 0 Å². The van der Waals surface area contributed by atoms with Gasteiger partial charge in [-0.25, -0.2) is 9.37 Å². The van der Waals surface area contributed by atoms with Gasteiger partial charge in [0.2, 0.25) is 0 Å². The zero-order chi connectivity index (χ0) is 8.43. The molecule has 5 heteroatoms. The summed E-state index contributed by atoms with van der Waals surface area (Å²) in [5.41, 5.74) is 0.287. The van der Waals surface area contributed by atoms with Crippen LogP contribution in [0.4, 0.5) is 4.39 Å². The van der Waals surface area contributed by atoms with E-state index < -0.39 is 10.7 Å². The first-order valence-corrected chi connectivity index (χ1v) is 3.95. The van der Waals surface area contributed by atoms with Crippen LogP contribution in [0.15, 0.2) is 12.3 Å². The van der Waals surface area contributed by atoms with Gasteiger partial charge in [-0.15, -0.1) is 0 Å². The van der Waals surface area contributed by atoms with Gasteiger partial charge in [0.25, 0.3) is 0 Å². The lowest BCUT2D eigenvalue weighted by atomic mass is 10.3. The van der Waals surface area contributed by atoms with E-state index >= 15 is 0 Å². The highest BCUT2D eigenvalue weighted by atomic mass is 35.5. The van der Waals surface area contributed by atoms with Gasteiger partial charge in [-0.05, 0) is 6.07 Å². The molecule has 1 aromatic rings. The molecule has 0 atom stereocenters. The smallest absolute Gasteiger partial charge is 0.141 e. The molecule has 0 N–H and O–H groups in total. The second-order valence-electron chi connectivity index (χ2n) is 1.83. The van der Waals surface area contributed by atoms with Crippen molar-refractivity contribution in [3.63, 3.8) is 0 Å². The number of aromatic nitrogens is 1. The summed E-state index contributed by atoms with van der Waals surface area (Å²) in [6, 6.07) is 1.15. The van der Waals surface area contributed by atoms with Crippen LogP contribution in [-0.2, 0) is 0 Å². The van der Waals surface area contributed by atoms with Crippen LogP contribution >= 0.6 is 34.8 Å². The second-order valence-corrected chi connectivity index (χ2v) is 3.29. The van der Waals surface area contributed by atoms with Crippen molar-refractivity contribution in [1.29, 1.82) is 0 Å². The van der Waals surface area contributed by atoms with Crippen LogP contribution in [0.3, 0.4) is 0 Å².